The van der Waals surface area contributed by atoms with Crippen molar-refractivity contribution in [1.29, 1.82) is 0 Å². The first-order valence-electron chi connectivity index (χ1n) is 12.4. The molecule has 2 fully saturated rings. The second kappa shape index (κ2) is 10.5. The van der Waals surface area contributed by atoms with E-state index in [9.17, 15) is 22.8 Å². The molecule has 3 aromatic rings. The first kappa shape index (κ1) is 25.7. The van der Waals surface area contributed by atoms with Crippen molar-refractivity contribution in [1.82, 2.24) is 24.5 Å². The van der Waals surface area contributed by atoms with Crippen LogP contribution in [-0.2, 0) is 19.6 Å². The molecule has 4 heterocycles. The normalized spacial score (nSPS) is 20.3. The number of aromatic nitrogens is 2. The number of ketones is 1. The second-order valence-electron chi connectivity index (χ2n) is 9.27. The summed E-state index contributed by atoms with van der Waals surface area (Å²) in [6.45, 7) is 1.76. The van der Waals surface area contributed by atoms with Crippen molar-refractivity contribution in [3.05, 3.63) is 61.1 Å². The fourth-order valence-corrected chi connectivity index (χ4v) is 6.71. The largest absolute Gasteiger partial charge is 0.413 e. The summed E-state index contributed by atoms with van der Waals surface area (Å²) in [5.74, 6) is -0.488. The zero-order chi connectivity index (χ0) is 26.9. The maximum atomic E-state index is 13.5. The number of Topliss-reactive ketones (excluding diaryl/α,β-unsaturated/α-hetero) is 1. The molecule has 2 aromatic heterocycles. The molecule has 0 aliphatic carbocycles. The number of ether oxygens (including phenoxy) is 1. The van der Waals surface area contributed by atoms with Crippen molar-refractivity contribution in [2.24, 2.45) is 0 Å². The molecule has 1 aromatic carbocycles. The van der Waals surface area contributed by atoms with E-state index in [1.807, 2.05) is 13.0 Å². The Bertz CT molecular complexity index is 1480. The van der Waals surface area contributed by atoms with Gasteiger partial charge in [0, 0.05) is 30.5 Å². The number of amides is 2. The van der Waals surface area contributed by atoms with E-state index in [1.54, 1.807) is 30.5 Å². The van der Waals surface area contributed by atoms with Crippen LogP contribution >= 0.6 is 0 Å². The molecule has 0 spiro atoms. The molecule has 0 radical (unpaired) electrons. The van der Waals surface area contributed by atoms with Gasteiger partial charge in [-0.05, 0) is 49.2 Å². The van der Waals surface area contributed by atoms with Gasteiger partial charge in [-0.1, -0.05) is 19.4 Å². The molecule has 2 saturated heterocycles. The zero-order valence-corrected chi connectivity index (χ0v) is 21.5. The van der Waals surface area contributed by atoms with Crippen LogP contribution < -0.4 is 10.1 Å². The van der Waals surface area contributed by atoms with Gasteiger partial charge in [0.05, 0.1) is 18.1 Å². The lowest BCUT2D eigenvalue weighted by Crippen LogP contribution is -2.53. The van der Waals surface area contributed by atoms with E-state index in [2.05, 4.69) is 15.3 Å². The minimum atomic E-state index is -3.96. The summed E-state index contributed by atoms with van der Waals surface area (Å²) in [4.78, 5) is 48.7. The highest BCUT2D eigenvalue weighted by atomic mass is 32.2. The number of carbonyl (C=O) groups excluding carboxylic acids is 3. The number of carbonyl (C=O) groups is 3. The van der Waals surface area contributed by atoms with Gasteiger partial charge in [0.15, 0.2) is 5.78 Å². The average Bonchev–Trinajstić information content (AvgIpc) is 3.50. The molecule has 12 heteroatoms. The van der Waals surface area contributed by atoms with Crippen molar-refractivity contribution < 1.29 is 27.5 Å². The van der Waals surface area contributed by atoms with Crippen LogP contribution in [0, 0.1) is 0 Å². The number of hydrogen-bond donors (Lipinski definition) is 1. The highest BCUT2D eigenvalue weighted by molar-refractivity contribution is 7.89. The van der Waals surface area contributed by atoms with Gasteiger partial charge in [0.1, 0.15) is 22.7 Å². The summed E-state index contributed by atoms with van der Waals surface area (Å²) < 4.78 is 33.0. The molecule has 3 atom stereocenters. The van der Waals surface area contributed by atoms with Crippen molar-refractivity contribution in [2.75, 3.05) is 13.1 Å². The van der Waals surface area contributed by atoms with Crippen LogP contribution in [0.2, 0.25) is 0 Å². The number of fused-ring (bicyclic) bond motifs is 2. The van der Waals surface area contributed by atoms with Crippen LogP contribution in [0.1, 0.15) is 26.2 Å². The molecule has 38 heavy (non-hydrogen) atoms. The average molecular weight is 538 g/mol. The maximum Gasteiger partial charge on any atom is 0.413 e. The number of hydrogen-bond acceptors (Lipinski definition) is 8. The topological polar surface area (TPSA) is 139 Å². The van der Waals surface area contributed by atoms with Gasteiger partial charge >= 0.3 is 6.09 Å². The number of rotatable bonds is 7. The summed E-state index contributed by atoms with van der Waals surface area (Å²) in [7, 11) is -3.96. The van der Waals surface area contributed by atoms with Crippen molar-refractivity contribution in [2.45, 2.75) is 49.2 Å². The molecule has 2 aliphatic rings. The Morgan fingerprint density at radius 3 is 2.76 bits per heavy atom. The van der Waals surface area contributed by atoms with Crippen LogP contribution in [0.3, 0.4) is 0 Å². The Kier molecular flexibility index (Phi) is 7.09. The first-order chi connectivity index (χ1) is 18.3. The Morgan fingerprint density at radius 1 is 1.18 bits per heavy atom. The number of benzene rings is 1. The predicted molar refractivity (Wildman–Crippen MR) is 137 cm³/mol. The monoisotopic (exact) mass is 537 g/mol. The molecule has 1 N–H and O–H groups in total. The summed E-state index contributed by atoms with van der Waals surface area (Å²) >= 11 is 0. The van der Waals surface area contributed by atoms with Gasteiger partial charge in [0.25, 0.3) is 0 Å². The summed E-state index contributed by atoms with van der Waals surface area (Å²) in [6, 6.07) is 9.09. The third-order valence-electron chi connectivity index (χ3n) is 6.85. The standard InChI is InChI=1S/C26H27N5O6S/c1-2-5-21(29-26(34)37-18-8-9-20-17(14-18)6-3-12-28-20)25(33)30-13-10-22-24(30)23(32)16-31(22)38(35,36)19-7-4-11-27-15-19/h3-4,6-9,11-12,14-15,21-22,24H,2,5,10,13,16H2,1H3,(H,29,34). The van der Waals surface area contributed by atoms with E-state index in [1.165, 1.54) is 29.4 Å². The number of pyridine rings is 2. The number of sulfonamides is 1. The summed E-state index contributed by atoms with van der Waals surface area (Å²) in [6.07, 6.45) is 4.82. The van der Waals surface area contributed by atoms with Crippen molar-refractivity contribution in [3.8, 4) is 5.75 Å². The fourth-order valence-electron chi connectivity index (χ4n) is 5.12. The molecule has 0 bridgehead atoms. The fraction of sp³-hybridized carbons (Fsp3) is 0.346. The first-order valence-corrected chi connectivity index (χ1v) is 13.8. The molecule has 2 aliphatic heterocycles. The molecule has 0 saturated carbocycles. The molecular formula is C26H27N5O6S. The lowest BCUT2D eigenvalue weighted by atomic mass is 10.1. The van der Waals surface area contributed by atoms with Crippen LogP contribution in [-0.4, -0.2) is 76.6 Å². The van der Waals surface area contributed by atoms with E-state index < -0.39 is 40.1 Å². The van der Waals surface area contributed by atoms with Crippen LogP contribution in [0.4, 0.5) is 4.79 Å². The van der Waals surface area contributed by atoms with Crippen molar-refractivity contribution >= 4 is 38.7 Å². The molecule has 5 rings (SSSR count). The smallest absolute Gasteiger partial charge is 0.410 e. The quantitative estimate of drug-likeness (QED) is 0.484. The third kappa shape index (κ3) is 4.84. The van der Waals surface area contributed by atoms with E-state index in [0.29, 0.717) is 25.0 Å². The summed E-state index contributed by atoms with van der Waals surface area (Å²) in [5.41, 5.74) is 0.753. The molecular weight excluding hydrogens is 510 g/mol. The SMILES string of the molecule is CCCC(NC(=O)Oc1ccc2ncccc2c1)C(=O)N1CCC2C1C(=O)CN2S(=O)(=O)c1cccnc1. The van der Waals surface area contributed by atoms with Gasteiger partial charge in [-0.25, -0.2) is 13.2 Å². The minimum Gasteiger partial charge on any atom is -0.410 e. The highest BCUT2D eigenvalue weighted by Crippen LogP contribution is 2.34. The maximum absolute atomic E-state index is 13.5. The van der Waals surface area contributed by atoms with E-state index in [4.69, 9.17) is 4.74 Å². The third-order valence-corrected chi connectivity index (χ3v) is 8.71. The number of nitrogens with one attached hydrogen (secondary N) is 1. The molecule has 11 nitrogen and oxygen atoms in total. The van der Waals surface area contributed by atoms with Crippen LogP contribution in [0.25, 0.3) is 10.9 Å². The molecule has 3 unspecified atom stereocenters. The molecule has 198 valence electrons. The lowest BCUT2D eigenvalue weighted by Gasteiger charge is -2.28. The van der Waals surface area contributed by atoms with Gasteiger partial charge in [-0.15, -0.1) is 0 Å². The Labute approximate surface area is 219 Å². The molecule has 2 amide bonds. The zero-order valence-electron chi connectivity index (χ0n) is 20.7. The van der Waals surface area contributed by atoms with Gasteiger partial charge in [-0.3, -0.25) is 19.6 Å². The Hall–Kier alpha value is -3.90. The van der Waals surface area contributed by atoms with Crippen molar-refractivity contribution in [3.63, 3.8) is 0 Å². The number of nitrogens with zero attached hydrogens (tertiary/aromatic N) is 4. The van der Waals surface area contributed by atoms with E-state index in [-0.39, 0.29) is 23.8 Å². The minimum absolute atomic E-state index is 0.00373. The number of likely N-dealkylation sites (tertiary alicyclic amines) is 1. The van der Waals surface area contributed by atoms with Gasteiger partial charge in [-0.2, -0.15) is 4.31 Å². The Balaban J connectivity index is 1.29. The second-order valence-corrected chi connectivity index (χ2v) is 11.2. The lowest BCUT2D eigenvalue weighted by molar-refractivity contribution is -0.138. The summed E-state index contributed by atoms with van der Waals surface area (Å²) in [5, 5.41) is 3.43. The van der Waals surface area contributed by atoms with Crippen LogP contribution in [0.15, 0.2) is 66.0 Å². The van der Waals surface area contributed by atoms with Crippen LogP contribution in [0.5, 0.6) is 5.75 Å². The van der Waals surface area contributed by atoms with Gasteiger partial charge in [0.2, 0.25) is 15.9 Å². The Morgan fingerprint density at radius 2 is 2.00 bits per heavy atom. The van der Waals surface area contributed by atoms with E-state index >= 15 is 0 Å². The van der Waals surface area contributed by atoms with Gasteiger partial charge < -0.3 is 15.0 Å². The highest BCUT2D eigenvalue weighted by Gasteiger charge is 2.54. The van der Waals surface area contributed by atoms with E-state index in [0.717, 1.165) is 15.2 Å². The predicted octanol–water partition coefficient (Wildman–Crippen LogP) is 2.13.